The molecular formula is C25H36O6. The van der Waals surface area contributed by atoms with Gasteiger partial charge in [0.2, 0.25) is 11.6 Å². The molecule has 0 aromatic carbocycles. The molecule has 0 aromatic heterocycles. The lowest BCUT2D eigenvalue weighted by Crippen LogP contribution is -2.58. The summed E-state index contributed by atoms with van der Waals surface area (Å²) < 4.78 is 0. The second-order valence-corrected chi connectivity index (χ2v) is 11.4. The summed E-state index contributed by atoms with van der Waals surface area (Å²) in [6, 6.07) is 0. The largest absolute Gasteiger partial charge is 0.481 e. The Morgan fingerprint density at radius 3 is 2.39 bits per heavy atom. The Balaban J connectivity index is 1.71. The first kappa shape index (κ1) is 22.7. The molecule has 3 fully saturated rings. The van der Waals surface area contributed by atoms with Crippen LogP contribution in [0.4, 0.5) is 0 Å². The van der Waals surface area contributed by atoms with Crippen molar-refractivity contribution in [2.75, 3.05) is 0 Å². The van der Waals surface area contributed by atoms with E-state index < -0.39 is 28.4 Å². The number of hydrogen-bond acceptors (Lipinski definition) is 5. The van der Waals surface area contributed by atoms with E-state index in [0.29, 0.717) is 11.8 Å². The van der Waals surface area contributed by atoms with Crippen LogP contribution in [0, 0.1) is 39.9 Å². The minimum atomic E-state index is -2.31. The number of fused-ring (bicyclic) bond motifs is 5. The van der Waals surface area contributed by atoms with Crippen molar-refractivity contribution in [3.63, 3.8) is 0 Å². The fourth-order valence-electron chi connectivity index (χ4n) is 8.93. The molecule has 1 unspecified atom stereocenters. The van der Waals surface area contributed by atoms with Gasteiger partial charge < -0.3 is 15.3 Å². The van der Waals surface area contributed by atoms with Crippen LogP contribution in [0.25, 0.3) is 0 Å². The van der Waals surface area contributed by atoms with Gasteiger partial charge in [0.05, 0.1) is 0 Å². The molecule has 172 valence electrons. The van der Waals surface area contributed by atoms with Crippen LogP contribution < -0.4 is 0 Å². The Bertz CT molecular complexity index is 858. The molecule has 4 aliphatic carbocycles. The molecule has 6 nitrogen and oxygen atoms in total. The number of allylic oxidation sites excluding steroid dienone is 1. The average molecular weight is 433 g/mol. The lowest BCUT2D eigenvalue weighted by atomic mass is 9.43. The number of carbonyl (C=O) groups excluding carboxylic acids is 2. The quantitative estimate of drug-likeness (QED) is 0.586. The van der Waals surface area contributed by atoms with Crippen molar-refractivity contribution in [1.82, 2.24) is 0 Å². The van der Waals surface area contributed by atoms with Gasteiger partial charge in [-0.3, -0.25) is 14.4 Å². The monoisotopic (exact) mass is 432 g/mol. The second kappa shape index (κ2) is 6.98. The zero-order valence-electron chi connectivity index (χ0n) is 19.1. The van der Waals surface area contributed by atoms with E-state index in [9.17, 15) is 29.7 Å². The zero-order chi connectivity index (χ0) is 23.0. The topological polar surface area (TPSA) is 112 Å². The van der Waals surface area contributed by atoms with Gasteiger partial charge >= 0.3 is 5.97 Å². The smallest absolute Gasteiger partial charge is 0.303 e. The van der Waals surface area contributed by atoms with E-state index >= 15 is 0 Å². The number of hydrogen-bond donors (Lipinski definition) is 3. The van der Waals surface area contributed by atoms with E-state index in [1.54, 1.807) is 6.92 Å². The van der Waals surface area contributed by atoms with Crippen LogP contribution in [0.3, 0.4) is 0 Å². The van der Waals surface area contributed by atoms with E-state index in [2.05, 4.69) is 13.8 Å². The molecule has 3 saturated carbocycles. The molecule has 3 N–H and O–H groups in total. The van der Waals surface area contributed by atoms with Crippen molar-refractivity contribution in [2.24, 2.45) is 39.9 Å². The van der Waals surface area contributed by atoms with E-state index in [1.165, 1.54) is 6.08 Å². The number of carbonyl (C=O) groups is 3. The van der Waals surface area contributed by atoms with Gasteiger partial charge in [-0.2, -0.15) is 0 Å². The van der Waals surface area contributed by atoms with Gasteiger partial charge in [0, 0.05) is 18.3 Å². The summed E-state index contributed by atoms with van der Waals surface area (Å²) in [7, 11) is 0. The normalized spacial score (nSPS) is 44.5. The molecule has 0 saturated heterocycles. The van der Waals surface area contributed by atoms with E-state index in [1.807, 2.05) is 6.92 Å². The molecular weight excluding hydrogens is 396 g/mol. The maximum Gasteiger partial charge on any atom is 0.303 e. The third kappa shape index (κ3) is 2.93. The minimum Gasteiger partial charge on any atom is -0.481 e. The third-order valence-corrected chi connectivity index (χ3v) is 10.3. The first-order chi connectivity index (χ1) is 14.3. The summed E-state index contributed by atoms with van der Waals surface area (Å²) in [6.07, 6.45) is 6.50. The van der Waals surface area contributed by atoms with Gasteiger partial charge in [0.15, 0.2) is 0 Å². The molecule has 4 aliphatic rings. The Morgan fingerprint density at radius 2 is 1.77 bits per heavy atom. The van der Waals surface area contributed by atoms with Gasteiger partial charge in [0.1, 0.15) is 5.78 Å². The number of aliphatic carboxylic acids is 1. The van der Waals surface area contributed by atoms with Crippen LogP contribution in [0.15, 0.2) is 11.6 Å². The predicted octanol–water partition coefficient (Wildman–Crippen LogP) is 3.50. The van der Waals surface area contributed by atoms with Crippen LogP contribution in [-0.2, 0) is 14.4 Å². The van der Waals surface area contributed by atoms with Crippen molar-refractivity contribution in [2.45, 2.75) is 84.8 Å². The summed E-state index contributed by atoms with van der Waals surface area (Å²) in [6.45, 7) is 7.85. The van der Waals surface area contributed by atoms with Crippen LogP contribution in [-0.4, -0.2) is 38.6 Å². The maximum absolute atomic E-state index is 13.1. The van der Waals surface area contributed by atoms with Gasteiger partial charge in [-0.05, 0) is 86.0 Å². The molecule has 0 radical (unpaired) electrons. The van der Waals surface area contributed by atoms with Gasteiger partial charge in [-0.15, -0.1) is 0 Å². The lowest BCUT2D eigenvalue weighted by Gasteiger charge is -2.61. The van der Waals surface area contributed by atoms with Crippen molar-refractivity contribution in [3.8, 4) is 0 Å². The minimum absolute atomic E-state index is 0.000241. The maximum atomic E-state index is 13.1. The Kier molecular flexibility index (Phi) is 5.10. The zero-order valence-corrected chi connectivity index (χ0v) is 19.1. The molecule has 0 aliphatic heterocycles. The van der Waals surface area contributed by atoms with Gasteiger partial charge in [-0.25, -0.2) is 0 Å². The Labute approximate surface area is 184 Å². The van der Waals surface area contributed by atoms with Crippen LogP contribution in [0.5, 0.6) is 0 Å². The summed E-state index contributed by atoms with van der Waals surface area (Å²) in [5.41, 5.74) is -0.281. The molecule has 0 aromatic rings. The second-order valence-electron chi connectivity index (χ2n) is 11.4. The molecule has 0 heterocycles. The predicted molar refractivity (Wildman–Crippen MR) is 114 cm³/mol. The van der Waals surface area contributed by atoms with Gasteiger partial charge in [0.25, 0.3) is 0 Å². The molecule has 0 bridgehead atoms. The summed E-state index contributed by atoms with van der Waals surface area (Å²) in [5.74, 6) is -3.03. The van der Waals surface area contributed by atoms with Gasteiger partial charge in [-0.1, -0.05) is 26.3 Å². The number of aliphatic hydroxyl groups is 2. The van der Waals surface area contributed by atoms with E-state index in [4.69, 9.17) is 0 Å². The molecule has 0 amide bonds. The first-order valence-electron chi connectivity index (χ1n) is 11.7. The molecule has 0 spiro atoms. The number of Topliss-reactive ketones (excluding diaryl/α,β-unsaturated/α-hetero) is 1. The van der Waals surface area contributed by atoms with E-state index in [0.717, 1.165) is 44.1 Å². The summed E-state index contributed by atoms with van der Waals surface area (Å²) in [5, 5.41) is 30.1. The molecule has 31 heavy (non-hydrogen) atoms. The number of rotatable bonds is 4. The van der Waals surface area contributed by atoms with Crippen molar-refractivity contribution in [1.29, 1.82) is 0 Å². The molecule has 7 atom stereocenters. The number of carboxylic acid groups (broad SMARTS) is 1. The fourth-order valence-corrected chi connectivity index (χ4v) is 8.93. The van der Waals surface area contributed by atoms with Crippen LogP contribution in [0.1, 0.15) is 79.1 Å². The third-order valence-electron chi connectivity index (χ3n) is 10.3. The van der Waals surface area contributed by atoms with Crippen molar-refractivity contribution in [3.05, 3.63) is 11.6 Å². The van der Waals surface area contributed by atoms with Crippen molar-refractivity contribution < 1.29 is 29.7 Å². The highest BCUT2D eigenvalue weighted by Gasteiger charge is 2.67. The Morgan fingerprint density at radius 1 is 1.13 bits per heavy atom. The SMILES string of the molecule is CC(=O)[C@@]1(C(C)CC(=O)O)CC[C@H]2[C@@H]3CCC4=CC(=O)C(O)(O)C[C@]4(C)[C@H]3CC[C@@]21C. The highest BCUT2D eigenvalue weighted by Crippen LogP contribution is 2.72. The highest BCUT2D eigenvalue weighted by atomic mass is 16.5. The van der Waals surface area contributed by atoms with Crippen molar-refractivity contribution >= 4 is 17.5 Å². The standard InChI is InChI=1S/C25H36O6/c1-14(11-21(28)29)24(15(2)26)10-8-19-17-6-5-16-12-20(27)25(30,31)13-22(16,3)18(17)7-9-23(19,24)4/h12,14,17-19,30-31H,5-11,13H2,1-4H3,(H,28,29)/t14?,17-,18+,19+,22+,23+,24+/m1/s1. The fraction of sp³-hybridized carbons (Fsp3) is 0.800. The number of ketones is 2. The van der Waals surface area contributed by atoms with Crippen LogP contribution in [0.2, 0.25) is 0 Å². The summed E-state index contributed by atoms with van der Waals surface area (Å²) in [4.78, 5) is 36.8. The molecule has 6 heteroatoms. The first-order valence-corrected chi connectivity index (χ1v) is 11.7. The Hall–Kier alpha value is -1.53. The summed E-state index contributed by atoms with van der Waals surface area (Å²) >= 11 is 0. The number of carboxylic acids is 1. The van der Waals surface area contributed by atoms with Crippen LogP contribution >= 0.6 is 0 Å². The highest BCUT2D eigenvalue weighted by molar-refractivity contribution is 5.97. The molecule has 4 rings (SSSR count). The lowest BCUT2D eigenvalue weighted by molar-refractivity contribution is -0.200. The average Bonchev–Trinajstić information content (AvgIpc) is 2.96. The van der Waals surface area contributed by atoms with E-state index in [-0.39, 0.29) is 35.9 Å².